The quantitative estimate of drug-likeness (QED) is 0.370. The number of carbonyl (C=O) groups is 3. The highest BCUT2D eigenvalue weighted by Crippen LogP contribution is 2.18. The van der Waals surface area contributed by atoms with Gasteiger partial charge in [0.2, 0.25) is 0 Å². The Balaban J connectivity index is 2.12. The molecule has 2 atom stereocenters. The van der Waals surface area contributed by atoms with E-state index in [1.54, 1.807) is 20.8 Å². The Morgan fingerprint density at radius 1 is 1.23 bits per heavy atom. The van der Waals surface area contributed by atoms with Crippen molar-refractivity contribution in [2.45, 2.75) is 70.9 Å². The number of hydrogen-bond acceptors (Lipinski definition) is 5. The maximum atomic E-state index is 11.8. The third-order valence-corrected chi connectivity index (χ3v) is 3.91. The molecule has 7 heteroatoms. The summed E-state index contributed by atoms with van der Waals surface area (Å²) in [7, 11) is 0. The fourth-order valence-corrected chi connectivity index (χ4v) is 2.56. The molecular formula is C19H32N2O5. The molecule has 0 fully saturated rings. The molecule has 0 aromatic carbocycles. The molecule has 7 nitrogen and oxygen atoms in total. The van der Waals surface area contributed by atoms with Crippen LogP contribution < -0.4 is 10.6 Å². The highest BCUT2D eigenvalue weighted by atomic mass is 16.6. The van der Waals surface area contributed by atoms with E-state index < -0.39 is 23.8 Å². The molecule has 1 aliphatic rings. The second-order valence-corrected chi connectivity index (χ2v) is 7.56. The molecule has 0 aromatic rings. The minimum Gasteiger partial charge on any atom is -0.449 e. The van der Waals surface area contributed by atoms with Crippen LogP contribution in [0.3, 0.4) is 0 Å². The number of unbranched alkanes of at least 4 members (excludes halogenated alkanes) is 1. The monoisotopic (exact) mass is 368 g/mol. The molecule has 0 saturated carbocycles. The summed E-state index contributed by atoms with van der Waals surface area (Å²) in [5, 5.41) is 5.24. The van der Waals surface area contributed by atoms with Crippen molar-refractivity contribution < 1.29 is 23.9 Å². The van der Waals surface area contributed by atoms with E-state index >= 15 is 0 Å². The number of alkyl carbamates (subject to hydrolysis) is 2. The summed E-state index contributed by atoms with van der Waals surface area (Å²) in [5.41, 5.74) is -0.523. The van der Waals surface area contributed by atoms with Gasteiger partial charge >= 0.3 is 12.2 Å². The smallest absolute Gasteiger partial charge is 0.407 e. The number of aldehydes is 1. The van der Waals surface area contributed by atoms with E-state index in [1.807, 2.05) is 0 Å². The average Bonchev–Trinajstić information content (AvgIpc) is 2.58. The minimum absolute atomic E-state index is 0.361. The molecule has 0 spiro atoms. The zero-order valence-electron chi connectivity index (χ0n) is 16.1. The molecule has 0 heterocycles. The van der Waals surface area contributed by atoms with Gasteiger partial charge in [-0.2, -0.15) is 0 Å². The van der Waals surface area contributed by atoms with E-state index in [2.05, 4.69) is 22.8 Å². The van der Waals surface area contributed by atoms with Crippen molar-refractivity contribution in [1.29, 1.82) is 0 Å². The molecule has 0 radical (unpaired) electrons. The lowest BCUT2D eigenvalue weighted by molar-refractivity contribution is -0.109. The predicted octanol–water partition coefficient (Wildman–Crippen LogP) is 3.33. The van der Waals surface area contributed by atoms with E-state index in [9.17, 15) is 14.4 Å². The molecule has 1 aliphatic carbocycles. The fraction of sp³-hybridized carbons (Fsp3) is 0.737. The van der Waals surface area contributed by atoms with Crippen molar-refractivity contribution in [2.24, 2.45) is 5.92 Å². The lowest BCUT2D eigenvalue weighted by Crippen LogP contribution is -2.37. The second-order valence-electron chi connectivity index (χ2n) is 7.56. The lowest BCUT2D eigenvalue weighted by atomic mass is 9.95. The lowest BCUT2D eigenvalue weighted by Gasteiger charge is -2.20. The summed E-state index contributed by atoms with van der Waals surface area (Å²) in [5.74, 6) is 0.361. The van der Waals surface area contributed by atoms with Gasteiger partial charge in [0.15, 0.2) is 0 Å². The highest BCUT2D eigenvalue weighted by Gasteiger charge is 2.17. The van der Waals surface area contributed by atoms with Crippen LogP contribution >= 0.6 is 0 Å². The fourth-order valence-electron chi connectivity index (χ4n) is 2.56. The van der Waals surface area contributed by atoms with Gasteiger partial charge in [-0.15, -0.1) is 0 Å². The van der Waals surface area contributed by atoms with E-state index in [1.165, 1.54) is 0 Å². The molecule has 148 valence electrons. The van der Waals surface area contributed by atoms with E-state index in [4.69, 9.17) is 9.47 Å². The first kappa shape index (κ1) is 22.0. The van der Waals surface area contributed by atoms with Crippen LogP contribution in [-0.2, 0) is 14.3 Å². The minimum atomic E-state index is -0.574. The number of allylic oxidation sites excluding steroid dienone is 2. The van der Waals surface area contributed by atoms with Crippen LogP contribution in [-0.4, -0.2) is 43.3 Å². The Labute approximate surface area is 155 Å². The Morgan fingerprint density at radius 2 is 2.00 bits per heavy atom. The summed E-state index contributed by atoms with van der Waals surface area (Å²) in [6.45, 7) is 6.24. The van der Waals surface area contributed by atoms with Crippen molar-refractivity contribution in [3.05, 3.63) is 12.2 Å². The molecule has 0 aliphatic heterocycles. The first-order valence-corrected chi connectivity index (χ1v) is 9.30. The second kappa shape index (κ2) is 11.5. The van der Waals surface area contributed by atoms with Gasteiger partial charge in [0.25, 0.3) is 0 Å². The molecule has 0 aromatic heterocycles. The number of carbonyl (C=O) groups excluding carboxylic acids is 3. The maximum absolute atomic E-state index is 11.8. The SMILES string of the molecule is CC(C)(C)OC(=O)NCCCCC(C=O)NC(=O)OC[C@H]1CC=CCC1. The van der Waals surface area contributed by atoms with Gasteiger partial charge in [-0.25, -0.2) is 9.59 Å². The van der Waals surface area contributed by atoms with Crippen LogP contribution in [0.2, 0.25) is 0 Å². The first-order valence-electron chi connectivity index (χ1n) is 9.30. The van der Waals surface area contributed by atoms with Crippen LogP contribution in [0.5, 0.6) is 0 Å². The molecule has 1 unspecified atom stereocenters. The van der Waals surface area contributed by atoms with Gasteiger partial charge < -0.3 is 24.9 Å². The third kappa shape index (κ3) is 10.7. The van der Waals surface area contributed by atoms with Gasteiger partial charge in [-0.1, -0.05) is 12.2 Å². The molecule has 0 saturated heterocycles. The van der Waals surface area contributed by atoms with Gasteiger partial charge in [0.05, 0.1) is 12.6 Å². The number of amides is 2. The van der Waals surface area contributed by atoms with Gasteiger partial charge in [0.1, 0.15) is 11.9 Å². The van der Waals surface area contributed by atoms with Crippen molar-refractivity contribution in [3.63, 3.8) is 0 Å². The molecular weight excluding hydrogens is 336 g/mol. The predicted molar refractivity (Wildman–Crippen MR) is 98.9 cm³/mol. The van der Waals surface area contributed by atoms with Crippen LogP contribution in [0.4, 0.5) is 9.59 Å². The molecule has 2 amide bonds. The van der Waals surface area contributed by atoms with Gasteiger partial charge in [-0.05, 0) is 65.2 Å². The Hall–Kier alpha value is -2.05. The summed E-state index contributed by atoms with van der Waals surface area (Å²) in [6, 6.07) is -0.574. The molecule has 2 N–H and O–H groups in total. The average molecular weight is 368 g/mol. The van der Waals surface area contributed by atoms with Gasteiger partial charge in [-0.3, -0.25) is 0 Å². The summed E-state index contributed by atoms with van der Waals surface area (Å²) in [6.07, 6.45) is 8.79. The van der Waals surface area contributed by atoms with Gasteiger partial charge in [0, 0.05) is 6.54 Å². The van der Waals surface area contributed by atoms with Crippen molar-refractivity contribution in [1.82, 2.24) is 10.6 Å². The zero-order chi connectivity index (χ0) is 19.4. The largest absolute Gasteiger partial charge is 0.449 e. The summed E-state index contributed by atoms with van der Waals surface area (Å²) >= 11 is 0. The summed E-state index contributed by atoms with van der Waals surface area (Å²) < 4.78 is 10.3. The third-order valence-electron chi connectivity index (χ3n) is 3.91. The van der Waals surface area contributed by atoms with Crippen LogP contribution in [0.1, 0.15) is 59.3 Å². The number of nitrogens with one attached hydrogen (secondary N) is 2. The standard InChI is InChI=1S/C19H32N2O5/c1-19(2,3)26-17(23)20-12-8-7-11-16(13-22)21-18(24)25-14-15-9-5-4-6-10-15/h4-5,13,15-16H,6-12,14H2,1-3H3,(H,20,23)(H,21,24)/t15-,16?/m0/s1. The summed E-state index contributed by atoms with van der Waals surface area (Å²) in [4.78, 5) is 34.4. The molecule has 0 bridgehead atoms. The number of rotatable bonds is 9. The normalized spacial score (nSPS) is 17.9. The topological polar surface area (TPSA) is 93.7 Å². The zero-order valence-corrected chi connectivity index (χ0v) is 16.1. The molecule has 1 rings (SSSR count). The Morgan fingerprint density at radius 3 is 2.62 bits per heavy atom. The van der Waals surface area contributed by atoms with E-state index in [-0.39, 0.29) is 0 Å². The van der Waals surface area contributed by atoms with Crippen molar-refractivity contribution in [2.75, 3.05) is 13.2 Å². The van der Waals surface area contributed by atoms with Crippen LogP contribution in [0.25, 0.3) is 0 Å². The number of ether oxygens (including phenoxy) is 2. The van der Waals surface area contributed by atoms with E-state index in [0.29, 0.717) is 44.6 Å². The van der Waals surface area contributed by atoms with Crippen LogP contribution in [0.15, 0.2) is 12.2 Å². The number of hydrogen-bond donors (Lipinski definition) is 2. The Kier molecular flexibility index (Phi) is 9.76. The highest BCUT2D eigenvalue weighted by molar-refractivity contribution is 5.73. The maximum Gasteiger partial charge on any atom is 0.407 e. The first-order chi connectivity index (χ1) is 12.3. The van der Waals surface area contributed by atoms with E-state index in [0.717, 1.165) is 19.3 Å². The Bertz CT molecular complexity index is 485. The molecule has 26 heavy (non-hydrogen) atoms. The van der Waals surface area contributed by atoms with Crippen molar-refractivity contribution >= 4 is 18.5 Å². The van der Waals surface area contributed by atoms with Crippen LogP contribution in [0, 0.1) is 5.92 Å². The van der Waals surface area contributed by atoms with Crippen molar-refractivity contribution in [3.8, 4) is 0 Å².